The highest BCUT2D eigenvalue weighted by atomic mass is 16.3. The fraction of sp³-hybridized carbons (Fsp3) is 0.103. The molecule has 2 heteroatoms. The summed E-state index contributed by atoms with van der Waals surface area (Å²) in [4.78, 5) is 0. The molecule has 2 nitrogen and oxygen atoms in total. The zero-order chi connectivity index (χ0) is 22.0. The lowest BCUT2D eigenvalue weighted by molar-refractivity contribution is 0.474. The average molecular weight is 407 g/mol. The number of phenols is 2. The van der Waals surface area contributed by atoms with Crippen LogP contribution in [0.4, 0.5) is 0 Å². The third-order valence-corrected chi connectivity index (χ3v) is 5.80. The fourth-order valence-corrected chi connectivity index (χ4v) is 4.06. The van der Waals surface area contributed by atoms with E-state index in [9.17, 15) is 10.2 Å². The van der Waals surface area contributed by atoms with Crippen molar-refractivity contribution in [3.63, 3.8) is 0 Å². The molecule has 1 aliphatic carbocycles. The lowest BCUT2D eigenvalue weighted by atomic mass is 9.88. The number of rotatable bonds is 3. The molecule has 154 valence electrons. The van der Waals surface area contributed by atoms with Crippen molar-refractivity contribution in [2.24, 2.45) is 5.92 Å². The number of allylic oxidation sites excluding steroid dienone is 5. The Morgan fingerprint density at radius 1 is 0.903 bits per heavy atom. The standard InChI is InChI=1S/C29H26O2/c1-19-8-4-5-9-22(19)17-23-12-13-25(31)18-29(23)28-11-7-6-10-27(28)21(3)26-15-14-24(30)16-20(26)2/h4-19,30-31H,2H2,1,3H3/b22-17+,26-21+. The van der Waals surface area contributed by atoms with Gasteiger partial charge in [0.05, 0.1) is 0 Å². The molecule has 0 amide bonds. The lowest BCUT2D eigenvalue weighted by Gasteiger charge is -2.16. The molecule has 1 aliphatic rings. The maximum absolute atomic E-state index is 10.3. The first kappa shape index (κ1) is 20.5. The summed E-state index contributed by atoms with van der Waals surface area (Å²) >= 11 is 0. The summed E-state index contributed by atoms with van der Waals surface area (Å²) in [6.45, 7) is 8.35. The second-order valence-corrected chi connectivity index (χ2v) is 7.96. The van der Waals surface area contributed by atoms with E-state index in [0.29, 0.717) is 5.92 Å². The topological polar surface area (TPSA) is 40.5 Å². The van der Waals surface area contributed by atoms with Gasteiger partial charge in [-0.1, -0.05) is 80.3 Å². The zero-order valence-corrected chi connectivity index (χ0v) is 17.8. The molecule has 3 aromatic carbocycles. The lowest BCUT2D eigenvalue weighted by Crippen LogP contribution is -2.24. The van der Waals surface area contributed by atoms with Crippen LogP contribution < -0.4 is 10.4 Å². The van der Waals surface area contributed by atoms with Gasteiger partial charge in [-0.25, -0.2) is 0 Å². The van der Waals surface area contributed by atoms with E-state index in [4.69, 9.17) is 0 Å². The molecule has 0 saturated carbocycles. The van der Waals surface area contributed by atoms with E-state index in [-0.39, 0.29) is 11.5 Å². The quantitative estimate of drug-likeness (QED) is 0.600. The summed E-state index contributed by atoms with van der Waals surface area (Å²) in [5.74, 6) is 0.778. The second kappa shape index (κ2) is 8.53. The van der Waals surface area contributed by atoms with Gasteiger partial charge < -0.3 is 10.2 Å². The third kappa shape index (κ3) is 4.24. The van der Waals surface area contributed by atoms with Crippen LogP contribution in [0.15, 0.2) is 90.5 Å². The van der Waals surface area contributed by atoms with E-state index in [2.05, 4.69) is 62.9 Å². The van der Waals surface area contributed by atoms with Gasteiger partial charge in [0.25, 0.3) is 0 Å². The van der Waals surface area contributed by atoms with Crippen molar-refractivity contribution in [2.45, 2.75) is 13.8 Å². The molecule has 0 aromatic heterocycles. The fourth-order valence-electron chi connectivity index (χ4n) is 4.06. The largest absolute Gasteiger partial charge is 0.508 e. The Morgan fingerprint density at radius 3 is 2.42 bits per heavy atom. The highest BCUT2D eigenvalue weighted by molar-refractivity contribution is 5.86. The van der Waals surface area contributed by atoms with E-state index >= 15 is 0 Å². The number of benzene rings is 3. The Morgan fingerprint density at radius 2 is 1.65 bits per heavy atom. The Bertz CT molecular complexity index is 1340. The smallest absolute Gasteiger partial charge is 0.116 e. The highest BCUT2D eigenvalue weighted by Gasteiger charge is 2.13. The third-order valence-electron chi connectivity index (χ3n) is 5.80. The van der Waals surface area contributed by atoms with Crippen LogP contribution in [0.5, 0.6) is 11.5 Å². The van der Waals surface area contributed by atoms with Gasteiger partial charge in [0.15, 0.2) is 0 Å². The van der Waals surface area contributed by atoms with Gasteiger partial charge in [0, 0.05) is 0 Å². The van der Waals surface area contributed by atoms with Crippen LogP contribution in [-0.4, -0.2) is 10.2 Å². The van der Waals surface area contributed by atoms with E-state index in [0.717, 1.165) is 38.3 Å². The summed E-state index contributed by atoms with van der Waals surface area (Å²) < 4.78 is 0. The molecule has 0 fully saturated rings. The van der Waals surface area contributed by atoms with Crippen LogP contribution >= 0.6 is 0 Å². The van der Waals surface area contributed by atoms with Crippen molar-refractivity contribution in [3.8, 4) is 22.6 Å². The first-order valence-corrected chi connectivity index (χ1v) is 10.4. The van der Waals surface area contributed by atoms with Crippen molar-refractivity contribution in [1.82, 2.24) is 0 Å². The molecule has 0 bridgehead atoms. The molecule has 2 N–H and O–H groups in total. The predicted molar refractivity (Wildman–Crippen MR) is 130 cm³/mol. The van der Waals surface area contributed by atoms with Crippen molar-refractivity contribution in [1.29, 1.82) is 0 Å². The molecule has 31 heavy (non-hydrogen) atoms. The van der Waals surface area contributed by atoms with Crippen molar-refractivity contribution >= 4 is 18.2 Å². The normalized spacial score (nSPS) is 17.7. The zero-order valence-electron chi connectivity index (χ0n) is 17.8. The maximum Gasteiger partial charge on any atom is 0.116 e. The second-order valence-electron chi connectivity index (χ2n) is 7.96. The first-order chi connectivity index (χ1) is 14.9. The maximum atomic E-state index is 10.3. The van der Waals surface area contributed by atoms with Gasteiger partial charge in [0.1, 0.15) is 11.5 Å². The molecule has 3 aromatic rings. The van der Waals surface area contributed by atoms with Crippen molar-refractivity contribution in [2.75, 3.05) is 0 Å². The number of hydrogen-bond acceptors (Lipinski definition) is 2. The summed E-state index contributed by atoms with van der Waals surface area (Å²) in [6.07, 6.45) is 10.6. The van der Waals surface area contributed by atoms with E-state index in [1.165, 1.54) is 5.57 Å². The summed E-state index contributed by atoms with van der Waals surface area (Å²) in [5, 5.41) is 21.8. The summed E-state index contributed by atoms with van der Waals surface area (Å²) in [6, 6.07) is 19.0. The van der Waals surface area contributed by atoms with Crippen molar-refractivity contribution < 1.29 is 10.2 Å². The average Bonchev–Trinajstić information content (AvgIpc) is 2.76. The molecule has 0 heterocycles. The van der Waals surface area contributed by atoms with Crippen LogP contribution in [-0.2, 0) is 0 Å². The van der Waals surface area contributed by atoms with Crippen molar-refractivity contribution in [3.05, 3.63) is 112 Å². The predicted octanol–water partition coefficient (Wildman–Crippen LogP) is 5.54. The molecule has 0 saturated heterocycles. The van der Waals surface area contributed by atoms with Gasteiger partial charge >= 0.3 is 0 Å². The molecule has 0 aliphatic heterocycles. The number of phenolic OH excluding ortho intramolecular Hbond substituents is 2. The molecule has 4 rings (SSSR count). The van der Waals surface area contributed by atoms with Gasteiger partial charge in [-0.2, -0.15) is 0 Å². The molecule has 0 radical (unpaired) electrons. The summed E-state index contributed by atoms with van der Waals surface area (Å²) in [5.41, 5.74) is 6.43. The van der Waals surface area contributed by atoms with Crippen LogP contribution in [0.2, 0.25) is 0 Å². The number of aromatic hydroxyl groups is 2. The Balaban J connectivity index is 1.95. The van der Waals surface area contributed by atoms with E-state index in [1.54, 1.807) is 18.2 Å². The van der Waals surface area contributed by atoms with E-state index < -0.39 is 0 Å². The van der Waals surface area contributed by atoms with E-state index in [1.807, 2.05) is 30.3 Å². The molecular formula is C29H26O2. The summed E-state index contributed by atoms with van der Waals surface area (Å²) in [7, 11) is 0. The van der Waals surface area contributed by atoms with Crippen LogP contribution in [0.3, 0.4) is 0 Å². The van der Waals surface area contributed by atoms with Crippen LogP contribution in [0.1, 0.15) is 25.0 Å². The molecule has 1 unspecified atom stereocenters. The Labute approximate surface area is 183 Å². The highest BCUT2D eigenvalue weighted by Crippen LogP contribution is 2.35. The Kier molecular flexibility index (Phi) is 5.64. The van der Waals surface area contributed by atoms with Gasteiger partial charge in [-0.3, -0.25) is 0 Å². The number of hydrogen-bond donors (Lipinski definition) is 2. The monoisotopic (exact) mass is 406 g/mol. The van der Waals surface area contributed by atoms with Gasteiger partial charge in [-0.15, -0.1) is 0 Å². The van der Waals surface area contributed by atoms with Crippen LogP contribution in [0, 0.1) is 5.92 Å². The van der Waals surface area contributed by atoms with Gasteiger partial charge in [-0.05, 0) is 80.9 Å². The SMILES string of the molecule is C=c1cc(O)cc/c1=C(/C)c1ccccc1-c1cc(O)ccc1/C=C1\C=CC=CC1C. The molecular weight excluding hydrogens is 380 g/mol. The minimum absolute atomic E-state index is 0.209. The minimum Gasteiger partial charge on any atom is -0.508 e. The first-order valence-electron chi connectivity index (χ1n) is 10.4. The molecule has 0 spiro atoms. The minimum atomic E-state index is 0.209. The van der Waals surface area contributed by atoms with Gasteiger partial charge in [0.2, 0.25) is 0 Å². The molecule has 1 atom stereocenters. The van der Waals surface area contributed by atoms with Crippen LogP contribution in [0.25, 0.3) is 29.4 Å². The Hall–Kier alpha value is -3.78.